The Morgan fingerprint density at radius 3 is 2.80 bits per heavy atom. The molecule has 25 heavy (non-hydrogen) atoms. The van der Waals surface area contributed by atoms with Crippen LogP contribution in [-0.4, -0.2) is 23.4 Å². The van der Waals surface area contributed by atoms with E-state index in [4.69, 9.17) is 0 Å². The number of benzene rings is 1. The van der Waals surface area contributed by atoms with Crippen molar-refractivity contribution in [2.24, 2.45) is 16.7 Å². The molecule has 0 radical (unpaired) electrons. The first-order valence-electron chi connectivity index (χ1n) is 9.87. The topological polar surface area (TPSA) is 20.3 Å². The summed E-state index contributed by atoms with van der Waals surface area (Å²) in [5.74, 6) is 0.853. The molecule has 1 saturated carbocycles. The average molecular weight is 338 g/mol. The molecule has 1 saturated heterocycles. The molecular formula is C23H31NO. The summed E-state index contributed by atoms with van der Waals surface area (Å²) in [5, 5.41) is 0. The van der Waals surface area contributed by atoms with E-state index in [1.54, 1.807) is 0 Å². The van der Waals surface area contributed by atoms with E-state index in [9.17, 15) is 4.79 Å². The van der Waals surface area contributed by atoms with Gasteiger partial charge >= 0.3 is 0 Å². The second kappa shape index (κ2) is 5.72. The fourth-order valence-corrected chi connectivity index (χ4v) is 5.72. The molecular weight excluding hydrogens is 306 g/mol. The average Bonchev–Trinajstić information content (AvgIpc) is 2.66. The smallest absolute Gasteiger partial charge is 0.254 e. The quantitative estimate of drug-likeness (QED) is 0.679. The lowest BCUT2D eigenvalue weighted by molar-refractivity contribution is 0.0708. The SMILES string of the molecule is CC1C=Cc2cc(C(=O)N3CC4(C)CC3CC(C)(C)C4)ccc2CC1. The number of carbonyl (C=O) groups is 1. The summed E-state index contributed by atoms with van der Waals surface area (Å²) in [5.41, 5.74) is 4.13. The van der Waals surface area contributed by atoms with Gasteiger partial charge in [-0.3, -0.25) is 4.79 Å². The van der Waals surface area contributed by atoms with Crippen LogP contribution in [0.15, 0.2) is 24.3 Å². The number of nitrogens with zero attached hydrogens (tertiary/aromatic N) is 1. The van der Waals surface area contributed by atoms with Gasteiger partial charge in [0.15, 0.2) is 0 Å². The fourth-order valence-electron chi connectivity index (χ4n) is 5.72. The zero-order valence-electron chi connectivity index (χ0n) is 16.1. The number of fused-ring (bicyclic) bond motifs is 3. The van der Waals surface area contributed by atoms with Gasteiger partial charge in [-0.25, -0.2) is 0 Å². The lowest BCUT2D eigenvalue weighted by atomic mass is 9.65. The van der Waals surface area contributed by atoms with E-state index in [1.165, 1.54) is 30.4 Å². The maximum atomic E-state index is 13.3. The molecule has 2 bridgehead atoms. The van der Waals surface area contributed by atoms with E-state index in [1.807, 2.05) is 0 Å². The molecule has 1 amide bonds. The molecule has 2 fully saturated rings. The highest BCUT2D eigenvalue weighted by Gasteiger charge is 2.51. The Morgan fingerprint density at radius 1 is 1.20 bits per heavy atom. The standard InChI is InChI=1S/C23H31NO/c1-16-5-7-17-9-10-19(11-18(17)8-6-16)21(25)24-15-23(4)13-20(24)12-22(2,3)14-23/h6,8-11,16,20H,5,7,12-15H2,1-4H3. The Hall–Kier alpha value is -1.57. The van der Waals surface area contributed by atoms with Crippen molar-refractivity contribution < 1.29 is 4.79 Å². The molecule has 0 spiro atoms. The predicted molar refractivity (Wildman–Crippen MR) is 104 cm³/mol. The van der Waals surface area contributed by atoms with Crippen LogP contribution in [0, 0.1) is 16.7 Å². The summed E-state index contributed by atoms with van der Waals surface area (Å²) < 4.78 is 0. The number of allylic oxidation sites excluding steroid dienone is 1. The Balaban J connectivity index is 1.61. The van der Waals surface area contributed by atoms with Crippen molar-refractivity contribution in [2.45, 2.75) is 65.8 Å². The molecule has 3 aliphatic rings. The van der Waals surface area contributed by atoms with Crippen LogP contribution in [0.1, 0.15) is 74.9 Å². The minimum absolute atomic E-state index is 0.236. The maximum Gasteiger partial charge on any atom is 0.254 e. The van der Waals surface area contributed by atoms with Crippen LogP contribution in [0.5, 0.6) is 0 Å². The number of hydrogen-bond acceptors (Lipinski definition) is 1. The molecule has 3 atom stereocenters. The molecule has 0 aromatic heterocycles. The highest BCUT2D eigenvalue weighted by Crippen LogP contribution is 2.52. The van der Waals surface area contributed by atoms with Gasteiger partial charge in [0.05, 0.1) is 0 Å². The van der Waals surface area contributed by atoms with E-state index < -0.39 is 0 Å². The zero-order chi connectivity index (χ0) is 17.8. The maximum absolute atomic E-state index is 13.3. The van der Waals surface area contributed by atoms with Crippen LogP contribution in [0.2, 0.25) is 0 Å². The first kappa shape index (κ1) is 16.9. The number of amides is 1. The molecule has 3 unspecified atom stereocenters. The number of hydrogen-bond donors (Lipinski definition) is 0. The summed E-state index contributed by atoms with van der Waals surface area (Å²) in [6.45, 7) is 10.3. The third kappa shape index (κ3) is 3.16. The molecule has 2 nitrogen and oxygen atoms in total. The van der Waals surface area contributed by atoms with E-state index in [0.717, 1.165) is 24.9 Å². The van der Waals surface area contributed by atoms with Crippen molar-refractivity contribution in [1.29, 1.82) is 0 Å². The third-order valence-corrected chi connectivity index (χ3v) is 6.54. The third-order valence-electron chi connectivity index (χ3n) is 6.54. The first-order chi connectivity index (χ1) is 11.7. The molecule has 2 heteroatoms. The summed E-state index contributed by atoms with van der Waals surface area (Å²) in [6, 6.07) is 6.78. The van der Waals surface area contributed by atoms with Crippen molar-refractivity contribution >= 4 is 12.0 Å². The Bertz CT molecular complexity index is 732. The van der Waals surface area contributed by atoms with Crippen LogP contribution < -0.4 is 0 Å². The van der Waals surface area contributed by atoms with Crippen molar-refractivity contribution in [3.05, 3.63) is 41.0 Å². The predicted octanol–water partition coefficient (Wildman–Crippen LogP) is 5.32. The van der Waals surface area contributed by atoms with Gasteiger partial charge in [-0.2, -0.15) is 0 Å². The number of aryl methyl sites for hydroxylation is 1. The molecule has 1 aromatic rings. The van der Waals surface area contributed by atoms with Gasteiger partial charge in [0.1, 0.15) is 0 Å². The minimum atomic E-state index is 0.236. The number of carbonyl (C=O) groups excluding carboxylic acids is 1. The van der Waals surface area contributed by atoms with Crippen molar-refractivity contribution in [1.82, 2.24) is 4.90 Å². The summed E-state index contributed by atoms with van der Waals surface area (Å²) in [4.78, 5) is 15.5. The van der Waals surface area contributed by atoms with Gasteiger partial charge < -0.3 is 4.90 Å². The summed E-state index contributed by atoms with van der Waals surface area (Å²) in [6.07, 6.45) is 10.3. The van der Waals surface area contributed by atoms with Gasteiger partial charge in [-0.15, -0.1) is 0 Å². The highest BCUT2D eigenvalue weighted by molar-refractivity contribution is 5.95. The van der Waals surface area contributed by atoms with Gasteiger partial charge in [0.25, 0.3) is 5.91 Å². The molecule has 1 aliphatic heterocycles. The Morgan fingerprint density at radius 2 is 2.00 bits per heavy atom. The second-order valence-electron chi connectivity index (χ2n) is 9.94. The van der Waals surface area contributed by atoms with Gasteiger partial charge in [0, 0.05) is 18.2 Å². The van der Waals surface area contributed by atoms with E-state index in [2.05, 4.69) is 62.9 Å². The number of rotatable bonds is 1. The van der Waals surface area contributed by atoms with Crippen molar-refractivity contribution in [3.63, 3.8) is 0 Å². The van der Waals surface area contributed by atoms with Crippen molar-refractivity contribution in [3.8, 4) is 0 Å². The lowest BCUT2D eigenvalue weighted by Gasteiger charge is -2.39. The molecule has 1 aromatic carbocycles. The van der Waals surface area contributed by atoms with Crippen molar-refractivity contribution in [2.75, 3.05) is 6.54 Å². The first-order valence-corrected chi connectivity index (χ1v) is 9.87. The number of likely N-dealkylation sites (tertiary alicyclic amines) is 1. The van der Waals surface area contributed by atoms with Crippen LogP contribution in [-0.2, 0) is 6.42 Å². The molecule has 134 valence electrons. The van der Waals surface area contributed by atoms with E-state index >= 15 is 0 Å². The molecule has 4 rings (SSSR count). The normalized spacial score (nSPS) is 33.0. The largest absolute Gasteiger partial charge is 0.335 e. The monoisotopic (exact) mass is 337 g/mol. The molecule has 0 N–H and O–H groups in total. The molecule has 2 aliphatic carbocycles. The highest BCUT2D eigenvalue weighted by atomic mass is 16.2. The van der Waals surface area contributed by atoms with Gasteiger partial charge in [-0.1, -0.05) is 45.9 Å². The Kier molecular flexibility index (Phi) is 3.86. The van der Waals surface area contributed by atoms with Crippen LogP contribution in [0.4, 0.5) is 0 Å². The van der Waals surface area contributed by atoms with Crippen LogP contribution >= 0.6 is 0 Å². The Labute approximate surface area is 152 Å². The van der Waals surface area contributed by atoms with Crippen LogP contribution in [0.25, 0.3) is 6.08 Å². The van der Waals surface area contributed by atoms with E-state index in [-0.39, 0.29) is 5.91 Å². The zero-order valence-corrected chi connectivity index (χ0v) is 16.1. The summed E-state index contributed by atoms with van der Waals surface area (Å²) in [7, 11) is 0. The lowest BCUT2D eigenvalue weighted by Crippen LogP contribution is -2.37. The van der Waals surface area contributed by atoms with Crippen LogP contribution in [0.3, 0.4) is 0 Å². The van der Waals surface area contributed by atoms with E-state index in [0.29, 0.717) is 22.8 Å². The summed E-state index contributed by atoms with van der Waals surface area (Å²) >= 11 is 0. The van der Waals surface area contributed by atoms with Gasteiger partial charge in [-0.05, 0) is 72.1 Å². The molecule has 1 heterocycles. The fraction of sp³-hybridized carbons (Fsp3) is 0.609. The second-order valence-corrected chi connectivity index (χ2v) is 9.94. The van der Waals surface area contributed by atoms with Gasteiger partial charge in [0.2, 0.25) is 0 Å². The minimum Gasteiger partial charge on any atom is -0.335 e.